The maximum absolute atomic E-state index is 11.7. The summed E-state index contributed by atoms with van der Waals surface area (Å²) in [5.74, 6) is -0.370. The fourth-order valence-corrected chi connectivity index (χ4v) is 1.71. The summed E-state index contributed by atoms with van der Waals surface area (Å²) in [7, 11) is 0. The first-order chi connectivity index (χ1) is 7.77. The van der Waals surface area contributed by atoms with Crippen LogP contribution in [0.2, 0.25) is 0 Å². The standard InChI is InChI=1S/C11H14N2O3/c14-10(8-4-6-16-7-8)13-9-3-1-2-5-12-11(9)15/h4,6-7,9H,1-3,5H2,(H,12,15)(H,13,14)/t9-/m0/s1. The smallest absolute Gasteiger partial charge is 0.255 e. The van der Waals surface area contributed by atoms with Gasteiger partial charge in [0.15, 0.2) is 0 Å². The molecule has 0 aromatic carbocycles. The van der Waals surface area contributed by atoms with Gasteiger partial charge in [0, 0.05) is 6.54 Å². The summed E-state index contributed by atoms with van der Waals surface area (Å²) in [5, 5.41) is 5.47. The maximum Gasteiger partial charge on any atom is 0.255 e. The lowest BCUT2D eigenvalue weighted by Crippen LogP contribution is -2.45. The molecule has 1 aliphatic rings. The molecule has 2 rings (SSSR count). The van der Waals surface area contributed by atoms with Gasteiger partial charge in [0.1, 0.15) is 12.3 Å². The molecule has 2 N–H and O–H groups in total. The first-order valence-corrected chi connectivity index (χ1v) is 5.38. The van der Waals surface area contributed by atoms with Crippen LogP contribution in [0, 0.1) is 0 Å². The van der Waals surface area contributed by atoms with Crippen LogP contribution < -0.4 is 10.6 Å². The molecule has 1 aromatic rings. The van der Waals surface area contributed by atoms with Crippen LogP contribution in [0.1, 0.15) is 29.6 Å². The Kier molecular flexibility index (Phi) is 3.24. The second-order valence-corrected chi connectivity index (χ2v) is 3.82. The fraction of sp³-hybridized carbons (Fsp3) is 0.455. The zero-order valence-corrected chi connectivity index (χ0v) is 8.86. The van der Waals surface area contributed by atoms with Crippen molar-refractivity contribution in [1.29, 1.82) is 0 Å². The molecule has 2 amide bonds. The van der Waals surface area contributed by atoms with Crippen LogP contribution in [-0.4, -0.2) is 24.4 Å². The number of hydrogen-bond donors (Lipinski definition) is 2. The summed E-state index contributed by atoms with van der Waals surface area (Å²) in [5.41, 5.74) is 0.442. The Morgan fingerprint density at radius 1 is 1.50 bits per heavy atom. The van der Waals surface area contributed by atoms with Crippen molar-refractivity contribution in [3.8, 4) is 0 Å². The van der Waals surface area contributed by atoms with E-state index in [1.54, 1.807) is 6.07 Å². The van der Waals surface area contributed by atoms with E-state index in [9.17, 15) is 9.59 Å². The van der Waals surface area contributed by atoms with Gasteiger partial charge < -0.3 is 15.1 Å². The van der Waals surface area contributed by atoms with Crippen molar-refractivity contribution < 1.29 is 14.0 Å². The Labute approximate surface area is 93.2 Å². The van der Waals surface area contributed by atoms with E-state index in [1.165, 1.54) is 12.5 Å². The average Bonchev–Trinajstić information content (AvgIpc) is 2.73. The highest BCUT2D eigenvalue weighted by molar-refractivity contribution is 5.97. The highest BCUT2D eigenvalue weighted by Crippen LogP contribution is 2.07. The van der Waals surface area contributed by atoms with Crippen LogP contribution in [0.25, 0.3) is 0 Å². The fourth-order valence-electron chi connectivity index (χ4n) is 1.71. The molecule has 1 aliphatic heterocycles. The molecule has 1 saturated heterocycles. The number of amides is 2. The third kappa shape index (κ3) is 2.42. The predicted octanol–water partition coefficient (Wildman–Crippen LogP) is 0.678. The number of rotatable bonds is 2. The summed E-state index contributed by atoms with van der Waals surface area (Å²) in [6.07, 6.45) is 5.39. The number of furan rings is 1. The molecule has 1 aromatic heterocycles. The van der Waals surface area contributed by atoms with Crippen LogP contribution in [0.4, 0.5) is 0 Å². The Morgan fingerprint density at radius 3 is 3.12 bits per heavy atom. The van der Waals surface area contributed by atoms with Gasteiger partial charge >= 0.3 is 0 Å². The van der Waals surface area contributed by atoms with Crippen molar-refractivity contribution in [2.45, 2.75) is 25.3 Å². The third-order valence-electron chi connectivity index (χ3n) is 2.62. The summed E-state index contributed by atoms with van der Waals surface area (Å²) < 4.78 is 4.81. The highest BCUT2D eigenvalue weighted by Gasteiger charge is 2.22. The molecule has 1 atom stereocenters. The van der Waals surface area contributed by atoms with Crippen molar-refractivity contribution >= 4 is 11.8 Å². The molecule has 5 heteroatoms. The first-order valence-electron chi connectivity index (χ1n) is 5.38. The van der Waals surface area contributed by atoms with Crippen LogP contribution in [0.3, 0.4) is 0 Å². The highest BCUT2D eigenvalue weighted by atomic mass is 16.3. The minimum absolute atomic E-state index is 0.102. The van der Waals surface area contributed by atoms with Crippen molar-refractivity contribution in [2.24, 2.45) is 0 Å². The number of nitrogens with one attached hydrogen (secondary N) is 2. The van der Waals surface area contributed by atoms with Crippen LogP contribution in [-0.2, 0) is 4.79 Å². The van der Waals surface area contributed by atoms with E-state index in [1.807, 2.05) is 0 Å². The Morgan fingerprint density at radius 2 is 2.38 bits per heavy atom. The van der Waals surface area contributed by atoms with Crippen molar-refractivity contribution in [3.05, 3.63) is 24.2 Å². The van der Waals surface area contributed by atoms with Gasteiger partial charge in [-0.25, -0.2) is 0 Å². The SMILES string of the molecule is O=C(N[C@H]1CCCCNC1=O)c1ccoc1. The van der Waals surface area contributed by atoms with E-state index >= 15 is 0 Å². The van der Waals surface area contributed by atoms with Crippen LogP contribution in [0.5, 0.6) is 0 Å². The molecule has 5 nitrogen and oxygen atoms in total. The Hall–Kier alpha value is -1.78. The molecule has 0 radical (unpaired) electrons. The molecule has 0 bridgehead atoms. The van der Waals surface area contributed by atoms with E-state index in [-0.39, 0.29) is 11.8 Å². The lowest BCUT2D eigenvalue weighted by atomic mass is 10.1. The molecule has 0 unspecified atom stereocenters. The molecule has 86 valence electrons. The maximum atomic E-state index is 11.7. The Bertz CT molecular complexity index is 373. The summed E-state index contributed by atoms with van der Waals surface area (Å²) in [4.78, 5) is 23.3. The number of carbonyl (C=O) groups is 2. The van der Waals surface area contributed by atoms with Gasteiger partial charge in [-0.3, -0.25) is 9.59 Å². The van der Waals surface area contributed by atoms with Gasteiger partial charge in [-0.05, 0) is 25.3 Å². The predicted molar refractivity (Wildman–Crippen MR) is 56.8 cm³/mol. The van der Waals surface area contributed by atoms with E-state index in [4.69, 9.17) is 4.42 Å². The van der Waals surface area contributed by atoms with Crippen LogP contribution >= 0.6 is 0 Å². The van der Waals surface area contributed by atoms with Crippen molar-refractivity contribution in [2.75, 3.05) is 6.54 Å². The lowest BCUT2D eigenvalue weighted by Gasteiger charge is -2.14. The average molecular weight is 222 g/mol. The van der Waals surface area contributed by atoms with Crippen molar-refractivity contribution in [1.82, 2.24) is 10.6 Å². The van der Waals surface area contributed by atoms with E-state index in [2.05, 4.69) is 10.6 Å². The second kappa shape index (κ2) is 4.83. The van der Waals surface area contributed by atoms with Gasteiger partial charge in [-0.2, -0.15) is 0 Å². The van der Waals surface area contributed by atoms with Gasteiger partial charge in [-0.1, -0.05) is 0 Å². The van der Waals surface area contributed by atoms with Gasteiger partial charge in [0.05, 0.1) is 11.8 Å². The zero-order valence-electron chi connectivity index (χ0n) is 8.86. The summed E-state index contributed by atoms with van der Waals surface area (Å²) >= 11 is 0. The molecule has 16 heavy (non-hydrogen) atoms. The van der Waals surface area contributed by atoms with Crippen molar-refractivity contribution in [3.63, 3.8) is 0 Å². The summed E-state index contributed by atoms with van der Waals surface area (Å²) in [6.45, 7) is 0.691. The minimum Gasteiger partial charge on any atom is -0.472 e. The quantitative estimate of drug-likeness (QED) is 0.772. The van der Waals surface area contributed by atoms with Gasteiger partial charge in [-0.15, -0.1) is 0 Å². The van der Waals surface area contributed by atoms with Gasteiger partial charge in [0.25, 0.3) is 5.91 Å². The largest absolute Gasteiger partial charge is 0.472 e. The van der Waals surface area contributed by atoms with Gasteiger partial charge in [0.2, 0.25) is 5.91 Å². The first kappa shape index (κ1) is 10.7. The Balaban J connectivity index is 1.97. The lowest BCUT2D eigenvalue weighted by molar-refractivity contribution is -0.122. The summed E-state index contributed by atoms with van der Waals surface area (Å²) in [6, 6.07) is 1.15. The molecule has 1 fully saturated rings. The minimum atomic E-state index is -0.426. The molecule has 0 saturated carbocycles. The molecular formula is C11H14N2O3. The molecule has 2 heterocycles. The second-order valence-electron chi connectivity index (χ2n) is 3.82. The number of hydrogen-bond acceptors (Lipinski definition) is 3. The van der Waals surface area contributed by atoms with E-state index in [0.717, 1.165) is 12.8 Å². The van der Waals surface area contributed by atoms with E-state index < -0.39 is 6.04 Å². The topological polar surface area (TPSA) is 71.3 Å². The monoisotopic (exact) mass is 222 g/mol. The molecule has 0 spiro atoms. The number of carbonyl (C=O) groups excluding carboxylic acids is 2. The molecular weight excluding hydrogens is 208 g/mol. The van der Waals surface area contributed by atoms with Crippen LogP contribution in [0.15, 0.2) is 23.0 Å². The molecule has 0 aliphatic carbocycles. The third-order valence-corrected chi connectivity index (χ3v) is 2.62. The normalized spacial score (nSPS) is 21.0. The van der Waals surface area contributed by atoms with E-state index in [0.29, 0.717) is 18.5 Å². The zero-order chi connectivity index (χ0) is 11.4.